The Balaban J connectivity index is 0.000000253. The molecule has 0 amide bonds. The van der Waals surface area contributed by atoms with Gasteiger partial charge in [-0.15, -0.1) is 0 Å². The molecule has 0 aliphatic heterocycles. The Morgan fingerprint density at radius 3 is 2.03 bits per heavy atom. The summed E-state index contributed by atoms with van der Waals surface area (Å²) in [5.41, 5.74) is 11.5. The molecular formula is C62H68. The summed E-state index contributed by atoms with van der Waals surface area (Å²) in [5.74, 6) is 1.11. The highest BCUT2D eigenvalue weighted by atomic mass is 14.2. The normalized spacial score (nSPS) is 19.9. The maximum absolute atomic E-state index is 4.21. The van der Waals surface area contributed by atoms with Gasteiger partial charge in [0.1, 0.15) is 0 Å². The molecule has 0 heteroatoms. The number of benzene rings is 2. The van der Waals surface area contributed by atoms with Crippen LogP contribution < -0.4 is 0 Å². The summed E-state index contributed by atoms with van der Waals surface area (Å²) in [6, 6.07) is 19.6. The van der Waals surface area contributed by atoms with E-state index >= 15 is 0 Å². The summed E-state index contributed by atoms with van der Waals surface area (Å²) in [7, 11) is 0. The lowest BCUT2D eigenvalue weighted by Gasteiger charge is -2.21. The number of hydrogen-bond acceptors (Lipinski definition) is 0. The molecule has 2 aromatic rings. The van der Waals surface area contributed by atoms with Crippen LogP contribution in [0.3, 0.4) is 0 Å². The minimum absolute atomic E-state index is 0.117. The molecule has 4 aliphatic carbocycles. The van der Waals surface area contributed by atoms with E-state index in [9.17, 15) is 0 Å². The van der Waals surface area contributed by atoms with Crippen molar-refractivity contribution in [2.75, 3.05) is 0 Å². The molecule has 2 aromatic carbocycles. The Morgan fingerprint density at radius 1 is 0.645 bits per heavy atom. The standard InChI is InChI=1S/C37H38.C25H30/c1-3-32(24-14-20-30-16-8-5-9-17-30)37(33(4-2)25-15-21-31-18-10-6-11-19-31)36-28-26-35(27-29-36)34-22-12-7-13-23-34;1-3-22(24-18-12-8-13-19-24)16-10-6-5-7-11-17-23(4-2)25-20-14-9-15-21-25/h3-5,7-10,12-16,18-20,22-30,37H,1,6,11,17,21H2,2H3;3-4,6,9-12,14-20,25H,1,5,7-8,13,21H2,2H3/b20-14+,25-15-,32-24+,33-4+;10-6+,17-11-,22-16+,23-4+. The Kier molecular flexibility index (Phi) is 20.8. The summed E-state index contributed by atoms with van der Waals surface area (Å²) in [4.78, 5) is 0. The monoisotopic (exact) mass is 813 g/mol. The summed E-state index contributed by atoms with van der Waals surface area (Å²) in [6.07, 6.45) is 71.9. The van der Waals surface area contributed by atoms with Gasteiger partial charge in [-0.1, -0.05) is 238 Å². The second kappa shape index (κ2) is 27.6. The predicted octanol–water partition coefficient (Wildman–Crippen LogP) is 17.8. The predicted molar refractivity (Wildman–Crippen MR) is 275 cm³/mol. The average Bonchev–Trinajstić information content (AvgIpc) is 3.34. The van der Waals surface area contributed by atoms with E-state index in [-0.39, 0.29) is 5.92 Å². The van der Waals surface area contributed by atoms with Crippen LogP contribution in [0.4, 0.5) is 0 Å². The van der Waals surface area contributed by atoms with Gasteiger partial charge in [-0.05, 0) is 128 Å². The van der Waals surface area contributed by atoms with E-state index in [2.05, 4.69) is 240 Å². The third-order valence-electron chi connectivity index (χ3n) is 11.5. The average molecular weight is 813 g/mol. The molecule has 0 saturated heterocycles. The third-order valence-corrected chi connectivity index (χ3v) is 11.5. The van der Waals surface area contributed by atoms with Crippen LogP contribution in [-0.4, -0.2) is 0 Å². The Bertz CT molecular complexity index is 2240. The zero-order valence-electron chi connectivity index (χ0n) is 37.4. The molecule has 0 fully saturated rings. The largest absolute Gasteiger partial charge is 0.0988 e. The van der Waals surface area contributed by atoms with Crippen LogP contribution in [0, 0.1) is 11.8 Å². The second-order valence-electron chi connectivity index (χ2n) is 15.9. The van der Waals surface area contributed by atoms with Gasteiger partial charge >= 0.3 is 0 Å². The van der Waals surface area contributed by atoms with Crippen molar-refractivity contribution in [3.05, 3.63) is 277 Å². The fraction of sp³-hybridized carbons (Fsp3) is 0.226. The number of hydrogen-bond donors (Lipinski definition) is 0. The van der Waals surface area contributed by atoms with Crippen LogP contribution in [0.25, 0.3) is 11.1 Å². The van der Waals surface area contributed by atoms with Crippen LogP contribution in [0.1, 0.15) is 83.1 Å². The smallest absolute Gasteiger partial charge is 0.0336 e. The maximum Gasteiger partial charge on any atom is 0.0336 e. The molecular weight excluding hydrogens is 745 g/mol. The van der Waals surface area contributed by atoms with Gasteiger partial charge in [0.15, 0.2) is 0 Å². The van der Waals surface area contributed by atoms with E-state index in [1.54, 1.807) is 0 Å². The van der Waals surface area contributed by atoms with E-state index in [0.29, 0.717) is 11.8 Å². The highest BCUT2D eigenvalue weighted by molar-refractivity contribution is 5.64. The molecule has 0 nitrogen and oxygen atoms in total. The van der Waals surface area contributed by atoms with Crippen LogP contribution in [0.15, 0.2) is 271 Å². The summed E-state index contributed by atoms with van der Waals surface area (Å²) in [5, 5.41) is 0. The molecule has 6 rings (SSSR count). The molecule has 0 radical (unpaired) electrons. The van der Waals surface area contributed by atoms with Gasteiger partial charge in [-0.2, -0.15) is 0 Å². The summed E-state index contributed by atoms with van der Waals surface area (Å²) in [6.45, 7) is 12.4. The lowest BCUT2D eigenvalue weighted by molar-refractivity contribution is 0.783. The van der Waals surface area contributed by atoms with Gasteiger partial charge in [0.25, 0.3) is 0 Å². The van der Waals surface area contributed by atoms with Crippen LogP contribution in [0.5, 0.6) is 0 Å². The number of rotatable bonds is 18. The zero-order valence-corrected chi connectivity index (χ0v) is 37.4. The summed E-state index contributed by atoms with van der Waals surface area (Å²) < 4.78 is 0. The van der Waals surface area contributed by atoms with E-state index < -0.39 is 0 Å². The molecule has 0 aromatic heterocycles. The Hall–Kier alpha value is -6.24. The second-order valence-corrected chi connectivity index (χ2v) is 15.9. The Morgan fingerprint density at radius 2 is 1.39 bits per heavy atom. The first-order valence-corrected chi connectivity index (χ1v) is 22.8. The lowest BCUT2D eigenvalue weighted by Crippen LogP contribution is -2.04. The van der Waals surface area contributed by atoms with E-state index in [0.717, 1.165) is 57.8 Å². The van der Waals surface area contributed by atoms with Crippen molar-refractivity contribution < 1.29 is 0 Å². The van der Waals surface area contributed by atoms with Gasteiger partial charge < -0.3 is 0 Å². The molecule has 0 heterocycles. The van der Waals surface area contributed by atoms with E-state index in [4.69, 9.17) is 0 Å². The fourth-order valence-corrected chi connectivity index (χ4v) is 7.97. The van der Waals surface area contributed by atoms with Crippen LogP contribution >= 0.6 is 0 Å². The zero-order chi connectivity index (χ0) is 43.5. The van der Waals surface area contributed by atoms with Crippen LogP contribution in [-0.2, 0) is 0 Å². The molecule has 0 spiro atoms. The summed E-state index contributed by atoms with van der Waals surface area (Å²) >= 11 is 0. The SMILES string of the molecule is C=C/C(=C\C=C\C1C=CC=CC1)C(C(/C=C\CC1=CCCC=C1)=C/C)c1ccc(-c2ccccc2)cc1.C=C/C(=C\C=C\CC/C=C\C(=C/C)C1C=CC=CC1)C1=CCCC=C1. The number of unbranched alkanes of at least 4 members (excludes halogenated alkanes) is 1. The van der Waals surface area contributed by atoms with Crippen molar-refractivity contribution in [1.82, 2.24) is 0 Å². The van der Waals surface area contributed by atoms with Crippen LogP contribution in [0.2, 0.25) is 0 Å². The van der Waals surface area contributed by atoms with Crippen molar-refractivity contribution in [2.24, 2.45) is 11.8 Å². The highest BCUT2D eigenvalue weighted by Crippen LogP contribution is 2.35. The van der Waals surface area contributed by atoms with Crippen molar-refractivity contribution in [2.45, 2.75) is 77.6 Å². The first-order chi connectivity index (χ1) is 30.6. The van der Waals surface area contributed by atoms with E-state index in [1.165, 1.54) is 50.1 Å². The molecule has 0 N–H and O–H groups in total. The maximum atomic E-state index is 4.21. The molecule has 0 saturated carbocycles. The molecule has 3 unspecified atom stereocenters. The first-order valence-electron chi connectivity index (χ1n) is 22.8. The first kappa shape index (κ1) is 46.8. The highest BCUT2D eigenvalue weighted by Gasteiger charge is 2.18. The lowest BCUT2D eigenvalue weighted by atomic mass is 9.83. The van der Waals surface area contributed by atoms with Gasteiger partial charge in [0.05, 0.1) is 0 Å². The minimum atomic E-state index is 0.117. The Labute approximate surface area is 375 Å². The quantitative estimate of drug-likeness (QED) is 0.104. The van der Waals surface area contributed by atoms with Crippen molar-refractivity contribution in [1.29, 1.82) is 0 Å². The van der Waals surface area contributed by atoms with E-state index in [1.807, 2.05) is 12.2 Å². The fourth-order valence-electron chi connectivity index (χ4n) is 7.97. The molecule has 3 atom stereocenters. The van der Waals surface area contributed by atoms with Crippen molar-refractivity contribution >= 4 is 0 Å². The van der Waals surface area contributed by atoms with Gasteiger partial charge in [0.2, 0.25) is 0 Å². The van der Waals surface area contributed by atoms with Gasteiger partial charge in [-0.25, -0.2) is 0 Å². The molecule has 316 valence electrons. The topological polar surface area (TPSA) is 0 Å². The molecule has 4 aliphatic rings. The number of allylic oxidation sites excluding steroid dienone is 34. The molecule has 0 bridgehead atoms. The van der Waals surface area contributed by atoms with Crippen molar-refractivity contribution in [3.63, 3.8) is 0 Å². The third kappa shape index (κ3) is 15.7. The molecule has 62 heavy (non-hydrogen) atoms. The van der Waals surface area contributed by atoms with Gasteiger partial charge in [0, 0.05) is 11.8 Å². The van der Waals surface area contributed by atoms with Crippen molar-refractivity contribution in [3.8, 4) is 11.1 Å². The minimum Gasteiger partial charge on any atom is -0.0988 e. The van der Waals surface area contributed by atoms with Gasteiger partial charge in [-0.3, -0.25) is 0 Å².